The van der Waals surface area contributed by atoms with E-state index in [9.17, 15) is 8.42 Å². The smallest absolute Gasteiger partial charge is 0.264 e. The second-order valence-corrected chi connectivity index (χ2v) is 5.34. The number of hydrogen-bond acceptors (Lipinski definition) is 5. The summed E-state index contributed by atoms with van der Waals surface area (Å²) in [4.78, 5) is 0. The van der Waals surface area contributed by atoms with Crippen LogP contribution in [0.4, 0.5) is 0 Å². The molecular weight excluding hydrogens is 218 g/mol. The summed E-state index contributed by atoms with van der Waals surface area (Å²) in [5.41, 5.74) is 0. The van der Waals surface area contributed by atoms with E-state index in [0.717, 1.165) is 17.9 Å². The van der Waals surface area contributed by atoms with Crippen LogP contribution in [0.3, 0.4) is 0 Å². The number of nitrogens with zero attached hydrogens (tertiary/aromatic N) is 3. The second kappa shape index (κ2) is 3.57. The summed E-state index contributed by atoms with van der Waals surface area (Å²) in [5.74, 6) is 1.70. The SMILES string of the molecule is Cc1nnc2n1CC(OS(C)(=O)=O)CC2. The molecule has 1 atom stereocenters. The van der Waals surface area contributed by atoms with Gasteiger partial charge in [0.15, 0.2) is 0 Å². The predicted molar refractivity (Wildman–Crippen MR) is 52.8 cm³/mol. The predicted octanol–water partition coefficient (Wildman–Crippen LogP) is -0.122. The Morgan fingerprint density at radius 2 is 2.20 bits per heavy atom. The van der Waals surface area contributed by atoms with E-state index >= 15 is 0 Å². The largest absolute Gasteiger partial charge is 0.313 e. The first kappa shape index (κ1) is 10.6. The van der Waals surface area contributed by atoms with Crippen molar-refractivity contribution in [1.29, 1.82) is 0 Å². The Bertz CT molecular complexity index is 465. The quantitative estimate of drug-likeness (QED) is 0.663. The van der Waals surface area contributed by atoms with Gasteiger partial charge in [0.05, 0.1) is 18.9 Å². The van der Waals surface area contributed by atoms with E-state index in [2.05, 4.69) is 10.2 Å². The Morgan fingerprint density at radius 1 is 1.47 bits per heavy atom. The van der Waals surface area contributed by atoms with Crippen LogP contribution in [-0.4, -0.2) is 35.5 Å². The fraction of sp³-hybridized carbons (Fsp3) is 0.750. The highest BCUT2D eigenvalue weighted by Crippen LogP contribution is 2.18. The first-order valence-electron chi connectivity index (χ1n) is 4.72. The Kier molecular flexibility index (Phi) is 2.51. The molecule has 1 aromatic heterocycles. The van der Waals surface area contributed by atoms with E-state index in [1.54, 1.807) is 0 Å². The lowest BCUT2D eigenvalue weighted by molar-refractivity contribution is 0.163. The Balaban J connectivity index is 2.15. The van der Waals surface area contributed by atoms with Gasteiger partial charge in [-0.05, 0) is 13.3 Å². The average molecular weight is 231 g/mol. The molecule has 0 bridgehead atoms. The van der Waals surface area contributed by atoms with Gasteiger partial charge in [0.2, 0.25) is 0 Å². The van der Waals surface area contributed by atoms with E-state index in [1.807, 2.05) is 11.5 Å². The van der Waals surface area contributed by atoms with Crippen molar-refractivity contribution in [3.8, 4) is 0 Å². The first-order chi connectivity index (χ1) is 6.96. The van der Waals surface area contributed by atoms with Crippen LogP contribution in [0.5, 0.6) is 0 Å². The molecule has 0 fully saturated rings. The normalized spacial score (nSPS) is 21.3. The van der Waals surface area contributed by atoms with Crippen molar-refractivity contribution in [2.75, 3.05) is 6.26 Å². The van der Waals surface area contributed by atoms with E-state index in [4.69, 9.17) is 4.18 Å². The molecule has 0 saturated carbocycles. The summed E-state index contributed by atoms with van der Waals surface area (Å²) in [6.45, 7) is 2.36. The Hall–Kier alpha value is -0.950. The third-order valence-electron chi connectivity index (χ3n) is 2.40. The zero-order valence-corrected chi connectivity index (χ0v) is 9.49. The molecular formula is C8H13N3O3S. The van der Waals surface area contributed by atoms with Crippen molar-refractivity contribution in [2.24, 2.45) is 0 Å². The van der Waals surface area contributed by atoms with E-state index < -0.39 is 10.1 Å². The molecule has 0 radical (unpaired) electrons. The summed E-state index contributed by atoms with van der Waals surface area (Å²) in [7, 11) is -3.38. The van der Waals surface area contributed by atoms with Gasteiger partial charge in [0.1, 0.15) is 11.6 Å². The molecule has 0 amide bonds. The second-order valence-electron chi connectivity index (χ2n) is 3.74. The molecule has 2 rings (SSSR count). The summed E-state index contributed by atoms with van der Waals surface area (Å²) in [6.07, 6.45) is 2.16. The van der Waals surface area contributed by atoms with Gasteiger partial charge < -0.3 is 4.57 Å². The maximum atomic E-state index is 11.0. The zero-order valence-electron chi connectivity index (χ0n) is 8.67. The van der Waals surface area contributed by atoms with Crippen LogP contribution >= 0.6 is 0 Å². The van der Waals surface area contributed by atoms with Gasteiger partial charge in [-0.15, -0.1) is 10.2 Å². The summed E-state index contributed by atoms with van der Waals surface area (Å²) >= 11 is 0. The third-order valence-corrected chi connectivity index (χ3v) is 3.02. The van der Waals surface area contributed by atoms with E-state index in [-0.39, 0.29) is 6.10 Å². The lowest BCUT2D eigenvalue weighted by Crippen LogP contribution is -2.29. The number of fused-ring (bicyclic) bond motifs is 1. The number of rotatable bonds is 2. The van der Waals surface area contributed by atoms with Gasteiger partial charge in [-0.2, -0.15) is 8.42 Å². The van der Waals surface area contributed by atoms with Crippen molar-refractivity contribution in [1.82, 2.24) is 14.8 Å². The zero-order chi connectivity index (χ0) is 11.1. The fourth-order valence-electron chi connectivity index (χ4n) is 1.76. The Labute approximate surface area is 88.4 Å². The molecule has 0 saturated heterocycles. The number of aromatic nitrogens is 3. The van der Waals surface area contributed by atoms with Gasteiger partial charge in [0, 0.05) is 6.42 Å². The first-order valence-corrected chi connectivity index (χ1v) is 6.54. The molecule has 6 nitrogen and oxygen atoms in total. The highest BCUT2D eigenvalue weighted by Gasteiger charge is 2.24. The fourth-order valence-corrected chi connectivity index (χ4v) is 2.41. The van der Waals surface area contributed by atoms with Gasteiger partial charge in [-0.25, -0.2) is 0 Å². The lowest BCUT2D eigenvalue weighted by Gasteiger charge is -2.22. The lowest BCUT2D eigenvalue weighted by atomic mass is 10.1. The van der Waals surface area contributed by atoms with Crippen LogP contribution in [0.15, 0.2) is 0 Å². The number of aryl methyl sites for hydroxylation is 2. The molecule has 1 aromatic rings. The van der Waals surface area contributed by atoms with Gasteiger partial charge in [0.25, 0.3) is 10.1 Å². The standard InChI is InChI=1S/C8H13N3O3S/c1-6-9-10-8-4-3-7(5-11(6)8)14-15(2,12)13/h7H,3-5H2,1-2H3. The van der Waals surface area contributed by atoms with Crippen LogP contribution in [0.1, 0.15) is 18.1 Å². The average Bonchev–Trinajstić information content (AvgIpc) is 2.45. The van der Waals surface area contributed by atoms with Gasteiger partial charge in [-0.3, -0.25) is 4.18 Å². The van der Waals surface area contributed by atoms with Crippen molar-refractivity contribution in [2.45, 2.75) is 32.4 Å². The molecule has 0 spiro atoms. The maximum absolute atomic E-state index is 11.0. The Morgan fingerprint density at radius 3 is 2.87 bits per heavy atom. The summed E-state index contributed by atoms with van der Waals surface area (Å²) in [6, 6.07) is 0. The van der Waals surface area contributed by atoms with E-state index in [0.29, 0.717) is 19.4 Å². The molecule has 7 heteroatoms. The summed E-state index contributed by atoms with van der Waals surface area (Å²) in [5, 5.41) is 7.93. The molecule has 0 aliphatic carbocycles. The summed E-state index contributed by atoms with van der Waals surface area (Å²) < 4.78 is 28.8. The van der Waals surface area contributed by atoms with Crippen molar-refractivity contribution < 1.29 is 12.6 Å². The molecule has 1 unspecified atom stereocenters. The minimum absolute atomic E-state index is 0.290. The van der Waals surface area contributed by atoms with Crippen LogP contribution in [0.25, 0.3) is 0 Å². The van der Waals surface area contributed by atoms with Crippen molar-refractivity contribution in [3.05, 3.63) is 11.6 Å². The van der Waals surface area contributed by atoms with Crippen LogP contribution < -0.4 is 0 Å². The van der Waals surface area contributed by atoms with Crippen LogP contribution in [0, 0.1) is 6.92 Å². The molecule has 0 N–H and O–H groups in total. The topological polar surface area (TPSA) is 74.1 Å². The minimum Gasteiger partial charge on any atom is -0.313 e. The highest BCUT2D eigenvalue weighted by atomic mass is 32.2. The van der Waals surface area contributed by atoms with Crippen molar-refractivity contribution in [3.63, 3.8) is 0 Å². The molecule has 1 aliphatic heterocycles. The minimum atomic E-state index is -3.38. The van der Waals surface area contributed by atoms with Crippen LogP contribution in [0.2, 0.25) is 0 Å². The molecule has 2 heterocycles. The van der Waals surface area contributed by atoms with E-state index in [1.165, 1.54) is 0 Å². The monoisotopic (exact) mass is 231 g/mol. The molecule has 1 aliphatic rings. The molecule has 0 aromatic carbocycles. The van der Waals surface area contributed by atoms with Gasteiger partial charge in [-0.1, -0.05) is 0 Å². The van der Waals surface area contributed by atoms with Crippen LogP contribution in [-0.2, 0) is 27.3 Å². The van der Waals surface area contributed by atoms with Gasteiger partial charge >= 0.3 is 0 Å². The number of hydrogen-bond donors (Lipinski definition) is 0. The molecule has 15 heavy (non-hydrogen) atoms. The van der Waals surface area contributed by atoms with Crippen molar-refractivity contribution >= 4 is 10.1 Å². The maximum Gasteiger partial charge on any atom is 0.264 e. The third kappa shape index (κ3) is 2.35. The highest BCUT2D eigenvalue weighted by molar-refractivity contribution is 7.86. The molecule has 84 valence electrons.